The van der Waals surface area contributed by atoms with Crippen LogP contribution in [0.5, 0.6) is 0 Å². The molecule has 1 aromatic carbocycles. The molecule has 3 aliphatic rings. The van der Waals surface area contributed by atoms with Crippen molar-refractivity contribution < 1.29 is 24.3 Å². The lowest BCUT2D eigenvalue weighted by molar-refractivity contribution is -0.139. The van der Waals surface area contributed by atoms with Crippen molar-refractivity contribution in [3.63, 3.8) is 0 Å². The second kappa shape index (κ2) is 6.07. The van der Waals surface area contributed by atoms with Gasteiger partial charge in [-0.3, -0.25) is 24.1 Å². The average molecular weight is 359 g/mol. The lowest BCUT2D eigenvalue weighted by Crippen LogP contribution is -2.60. The van der Waals surface area contributed by atoms with Crippen molar-refractivity contribution >= 4 is 23.5 Å². The van der Waals surface area contributed by atoms with Gasteiger partial charge in [0, 0.05) is 24.2 Å². The Morgan fingerprint density at radius 3 is 2.42 bits per heavy atom. The number of hydrogen-bond donors (Lipinski definition) is 1. The number of anilines is 1. The van der Waals surface area contributed by atoms with Crippen molar-refractivity contribution in [2.45, 2.75) is 12.8 Å². The number of piperidine rings is 1. The van der Waals surface area contributed by atoms with Gasteiger partial charge in [-0.05, 0) is 44.1 Å². The molecule has 0 radical (unpaired) electrons. The van der Waals surface area contributed by atoms with E-state index in [1.807, 2.05) is 11.0 Å². The smallest absolute Gasteiger partial charge is 0.317 e. The molecule has 8 heteroatoms. The van der Waals surface area contributed by atoms with Gasteiger partial charge in [-0.25, -0.2) is 0 Å². The van der Waals surface area contributed by atoms with Crippen molar-refractivity contribution in [1.82, 2.24) is 9.96 Å². The van der Waals surface area contributed by atoms with Gasteiger partial charge in [0.1, 0.15) is 0 Å². The van der Waals surface area contributed by atoms with E-state index in [4.69, 9.17) is 9.94 Å². The fourth-order valence-corrected chi connectivity index (χ4v) is 4.21. The predicted molar refractivity (Wildman–Crippen MR) is 91.9 cm³/mol. The molecule has 0 atom stereocenters. The third-order valence-corrected chi connectivity index (χ3v) is 5.71. The highest BCUT2D eigenvalue weighted by Crippen LogP contribution is 2.43. The van der Waals surface area contributed by atoms with Gasteiger partial charge in [0.15, 0.2) is 0 Å². The summed E-state index contributed by atoms with van der Waals surface area (Å²) in [6.45, 7) is 3.50. The maximum absolute atomic E-state index is 12.2. The molecule has 0 unspecified atom stereocenters. The summed E-state index contributed by atoms with van der Waals surface area (Å²) in [6.07, 6.45) is 1.97. The Labute approximate surface area is 150 Å². The van der Waals surface area contributed by atoms with Crippen LogP contribution in [0.3, 0.4) is 0 Å². The maximum Gasteiger partial charge on any atom is 0.317 e. The number of nitrogens with zero attached hydrogens (tertiary/aromatic N) is 3. The van der Waals surface area contributed by atoms with Crippen LogP contribution in [0.4, 0.5) is 5.69 Å². The predicted octanol–water partition coefficient (Wildman–Crippen LogP) is 0.831. The van der Waals surface area contributed by atoms with E-state index in [0.29, 0.717) is 11.1 Å². The summed E-state index contributed by atoms with van der Waals surface area (Å²) in [6, 6.07) is 5.32. The number of hydroxylamine groups is 2. The second-order valence-electron chi connectivity index (χ2n) is 7.34. The highest BCUT2D eigenvalue weighted by Gasteiger charge is 2.45. The quantitative estimate of drug-likeness (QED) is 0.797. The zero-order valence-electron chi connectivity index (χ0n) is 14.6. The van der Waals surface area contributed by atoms with Crippen LogP contribution in [0, 0.1) is 5.41 Å². The van der Waals surface area contributed by atoms with Gasteiger partial charge in [0.05, 0.1) is 24.8 Å². The number of fused-ring (bicyclic) bond motifs is 1. The fourth-order valence-electron chi connectivity index (χ4n) is 4.21. The minimum atomic E-state index is -0.779. The lowest BCUT2D eigenvalue weighted by atomic mass is 9.71. The average Bonchev–Trinajstić information content (AvgIpc) is 2.83. The Morgan fingerprint density at radius 1 is 1.15 bits per heavy atom. The van der Waals surface area contributed by atoms with Crippen molar-refractivity contribution in [3.05, 3.63) is 29.3 Å². The first-order valence-corrected chi connectivity index (χ1v) is 8.68. The van der Waals surface area contributed by atoms with Gasteiger partial charge in [-0.2, -0.15) is 0 Å². The summed E-state index contributed by atoms with van der Waals surface area (Å²) in [5.41, 5.74) is 1.91. The standard InChI is InChI=1S/C18H21N3O5/c1-26-21-16(24)13-3-2-12(8-14(13)17(21)25)20-10-18(11-20)4-6-19(7-5-18)9-15(22)23/h2-3,8H,4-7,9-11H2,1H3,(H,22,23). The van der Waals surface area contributed by atoms with E-state index in [1.54, 1.807) is 12.1 Å². The second-order valence-corrected chi connectivity index (χ2v) is 7.34. The Bertz CT molecular complexity index is 777. The van der Waals surface area contributed by atoms with Gasteiger partial charge < -0.3 is 10.0 Å². The normalized spacial score (nSPS) is 21.9. The molecule has 1 N–H and O–H groups in total. The summed E-state index contributed by atoms with van der Waals surface area (Å²) >= 11 is 0. The molecule has 1 spiro atoms. The SMILES string of the molecule is CON1C(=O)c2ccc(N3CC4(CCN(CC(=O)O)CC4)C3)cc2C1=O. The number of hydrogen-bond acceptors (Lipinski definition) is 6. The van der Waals surface area contributed by atoms with Crippen LogP contribution in [0.15, 0.2) is 18.2 Å². The zero-order valence-corrected chi connectivity index (χ0v) is 14.6. The molecule has 8 nitrogen and oxygen atoms in total. The third kappa shape index (κ3) is 2.65. The first-order valence-electron chi connectivity index (χ1n) is 8.68. The van der Waals surface area contributed by atoms with Gasteiger partial charge in [0.25, 0.3) is 11.8 Å². The number of benzene rings is 1. The van der Waals surface area contributed by atoms with Crippen molar-refractivity contribution in [1.29, 1.82) is 0 Å². The Hall–Kier alpha value is -2.45. The number of amides is 2. The molecule has 4 rings (SSSR count). The van der Waals surface area contributed by atoms with Crippen LogP contribution in [0.25, 0.3) is 0 Å². The Morgan fingerprint density at radius 2 is 1.81 bits per heavy atom. The van der Waals surface area contributed by atoms with Crippen LogP contribution < -0.4 is 4.90 Å². The van der Waals surface area contributed by atoms with E-state index in [1.165, 1.54) is 7.11 Å². The number of carbonyl (C=O) groups excluding carboxylic acids is 2. The molecular formula is C18H21N3O5. The third-order valence-electron chi connectivity index (χ3n) is 5.71. The number of rotatable bonds is 4. The summed E-state index contributed by atoms with van der Waals surface area (Å²) in [7, 11) is 1.30. The summed E-state index contributed by atoms with van der Waals surface area (Å²) < 4.78 is 0. The first-order chi connectivity index (χ1) is 12.4. The van der Waals surface area contributed by atoms with Crippen LogP contribution in [-0.2, 0) is 9.63 Å². The highest BCUT2D eigenvalue weighted by atomic mass is 16.7. The van der Waals surface area contributed by atoms with Crippen LogP contribution in [-0.4, -0.2) is 72.7 Å². The molecule has 3 heterocycles. The minimum absolute atomic E-state index is 0.108. The van der Waals surface area contributed by atoms with E-state index >= 15 is 0 Å². The van der Waals surface area contributed by atoms with E-state index in [9.17, 15) is 14.4 Å². The molecule has 2 saturated heterocycles. The molecule has 138 valence electrons. The molecule has 0 aliphatic carbocycles. The van der Waals surface area contributed by atoms with Crippen molar-refractivity contribution in [3.8, 4) is 0 Å². The van der Waals surface area contributed by atoms with Crippen LogP contribution in [0.1, 0.15) is 33.6 Å². The molecule has 0 bridgehead atoms. The molecule has 1 aromatic rings. The number of likely N-dealkylation sites (tertiary alicyclic amines) is 1. The topological polar surface area (TPSA) is 90.4 Å². The number of carboxylic acid groups (broad SMARTS) is 1. The van der Waals surface area contributed by atoms with Gasteiger partial charge in [-0.1, -0.05) is 0 Å². The van der Waals surface area contributed by atoms with Gasteiger partial charge >= 0.3 is 5.97 Å². The molecule has 3 aliphatic heterocycles. The minimum Gasteiger partial charge on any atom is -0.480 e. The molecule has 2 amide bonds. The molecule has 0 aromatic heterocycles. The van der Waals surface area contributed by atoms with Gasteiger partial charge in [-0.15, -0.1) is 5.06 Å². The van der Waals surface area contributed by atoms with Crippen LogP contribution in [0.2, 0.25) is 0 Å². The first kappa shape index (κ1) is 17.0. The lowest BCUT2D eigenvalue weighted by Gasteiger charge is -2.55. The van der Waals surface area contributed by atoms with E-state index in [-0.39, 0.29) is 12.0 Å². The van der Waals surface area contributed by atoms with E-state index < -0.39 is 17.8 Å². The van der Waals surface area contributed by atoms with Crippen molar-refractivity contribution in [2.75, 3.05) is 44.7 Å². The molecule has 26 heavy (non-hydrogen) atoms. The summed E-state index contributed by atoms with van der Waals surface area (Å²) in [4.78, 5) is 44.2. The maximum atomic E-state index is 12.2. The highest BCUT2D eigenvalue weighted by molar-refractivity contribution is 6.20. The molecule has 2 fully saturated rings. The number of carbonyl (C=O) groups is 3. The van der Waals surface area contributed by atoms with Crippen molar-refractivity contribution in [2.24, 2.45) is 5.41 Å². The Kier molecular flexibility index (Phi) is 3.96. The van der Waals surface area contributed by atoms with E-state index in [2.05, 4.69) is 4.90 Å². The van der Waals surface area contributed by atoms with Crippen LogP contribution >= 0.6 is 0 Å². The number of aliphatic carboxylic acids is 1. The fraction of sp³-hybridized carbons (Fsp3) is 0.500. The number of carboxylic acids is 1. The van der Waals surface area contributed by atoms with Gasteiger partial charge in [0.2, 0.25) is 0 Å². The summed E-state index contributed by atoms with van der Waals surface area (Å²) in [5.74, 6) is -1.63. The zero-order chi connectivity index (χ0) is 18.5. The molecule has 0 saturated carbocycles. The number of imide groups is 1. The Balaban J connectivity index is 1.42. The monoisotopic (exact) mass is 359 g/mol. The largest absolute Gasteiger partial charge is 0.480 e. The molecular weight excluding hydrogens is 338 g/mol. The van der Waals surface area contributed by atoms with E-state index in [0.717, 1.165) is 49.8 Å². The summed E-state index contributed by atoms with van der Waals surface area (Å²) in [5, 5.41) is 9.68.